The van der Waals surface area contributed by atoms with Gasteiger partial charge < -0.3 is 14.5 Å². The molecule has 1 amide bonds. The number of halogens is 5. The number of rotatable bonds is 5. The highest BCUT2D eigenvalue weighted by molar-refractivity contribution is 7.99. The summed E-state index contributed by atoms with van der Waals surface area (Å²) < 4.78 is 80.7. The van der Waals surface area contributed by atoms with Crippen LogP contribution in [-0.2, 0) is 15.7 Å². The third-order valence-electron chi connectivity index (χ3n) is 7.45. The Kier molecular flexibility index (Phi) is 7.62. The first-order chi connectivity index (χ1) is 19.4. The topological polar surface area (TPSA) is 67.7 Å². The summed E-state index contributed by atoms with van der Waals surface area (Å²) >= 11 is 0.987. The van der Waals surface area contributed by atoms with Crippen LogP contribution in [0.3, 0.4) is 0 Å². The predicted octanol–water partition coefficient (Wildman–Crippen LogP) is 5.27. The molecule has 0 bridgehead atoms. The second-order valence-electron chi connectivity index (χ2n) is 10.2. The number of hydrogen-bond donors (Lipinski definition) is 0. The molecule has 2 aliphatic heterocycles. The predicted molar refractivity (Wildman–Crippen MR) is 146 cm³/mol. The minimum absolute atomic E-state index is 0.0108. The third kappa shape index (κ3) is 4.88. The van der Waals surface area contributed by atoms with Crippen molar-refractivity contribution in [2.45, 2.75) is 43.0 Å². The van der Waals surface area contributed by atoms with Crippen molar-refractivity contribution < 1.29 is 31.5 Å². The molecule has 0 spiro atoms. The molecule has 1 saturated heterocycles. The molecule has 5 rings (SSSR count). The van der Waals surface area contributed by atoms with Crippen LogP contribution in [0.15, 0.2) is 46.6 Å². The van der Waals surface area contributed by atoms with Crippen molar-refractivity contribution >= 4 is 34.4 Å². The average Bonchev–Trinajstić information content (AvgIpc) is 2.90. The molecule has 3 unspecified atom stereocenters. The number of amides is 1. The highest BCUT2D eigenvalue weighted by Gasteiger charge is 2.41. The summed E-state index contributed by atoms with van der Waals surface area (Å²) in [5.41, 5.74) is -3.33. The molecular weight excluding hydrogens is 567 g/mol. The van der Waals surface area contributed by atoms with E-state index in [1.165, 1.54) is 17.8 Å². The van der Waals surface area contributed by atoms with Crippen LogP contribution in [0.25, 0.3) is 22.0 Å². The van der Waals surface area contributed by atoms with Crippen molar-refractivity contribution in [3.63, 3.8) is 0 Å². The number of piperazine rings is 1. The van der Waals surface area contributed by atoms with Crippen LogP contribution in [0, 0.1) is 11.6 Å². The number of nitrogens with zero attached hydrogens (tertiary/aromatic N) is 4. The fourth-order valence-corrected chi connectivity index (χ4v) is 7.20. The molecule has 7 nitrogen and oxygen atoms in total. The summed E-state index contributed by atoms with van der Waals surface area (Å²) in [5, 5.41) is 0.0172. The normalized spacial score (nSPS) is 20.9. The molecule has 0 aliphatic carbocycles. The maximum Gasteiger partial charge on any atom is 0.417 e. The lowest BCUT2D eigenvalue weighted by Gasteiger charge is -2.45. The maximum atomic E-state index is 15.0. The van der Waals surface area contributed by atoms with E-state index >= 15 is 8.78 Å². The van der Waals surface area contributed by atoms with Gasteiger partial charge in [0.05, 0.1) is 29.3 Å². The molecule has 0 radical (unpaired) electrons. The molecule has 218 valence electrons. The first-order valence-electron chi connectivity index (χ1n) is 12.8. The van der Waals surface area contributed by atoms with Gasteiger partial charge in [0.25, 0.3) is 0 Å². The maximum absolute atomic E-state index is 15.0. The van der Waals surface area contributed by atoms with Gasteiger partial charge in [-0.2, -0.15) is 18.2 Å². The molecule has 2 aliphatic rings. The Labute approximate surface area is 236 Å². The molecule has 3 atom stereocenters. The van der Waals surface area contributed by atoms with E-state index in [4.69, 9.17) is 4.74 Å². The van der Waals surface area contributed by atoms with E-state index in [1.807, 2.05) is 0 Å². The number of alkyl halides is 3. The molecule has 3 heterocycles. The van der Waals surface area contributed by atoms with Crippen molar-refractivity contribution in [2.75, 3.05) is 37.5 Å². The van der Waals surface area contributed by atoms with Crippen molar-refractivity contribution in [3.8, 4) is 11.1 Å². The SMILES string of the molecule is C=CC(=O)N1C(C)CN(c2nc(=O)n3c4c(c(-c5c(F)cccc5F)c(C(F)(F)F)cc24)SCC3COC)CC1C. The van der Waals surface area contributed by atoms with Crippen LogP contribution in [-0.4, -0.2) is 65.0 Å². The van der Waals surface area contributed by atoms with E-state index in [0.717, 1.165) is 36.0 Å². The van der Waals surface area contributed by atoms with Crippen molar-refractivity contribution in [3.05, 3.63) is 64.6 Å². The van der Waals surface area contributed by atoms with Gasteiger partial charge in [-0.05, 0) is 38.1 Å². The Morgan fingerprint density at radius 1 is 1.17 bits per heavy atom. The third-order valence-corrected chi connectivity index (χ3v) is 8.69. The minimum atomic E-state index is -4.99. The van der Waals surface area contributed by atoms with Crippen molar-refractivity contribution in [1.82, 2.24) is 14.5 Å². The molecule has 13 heteroatoms. The first-order valence-corrected chi connectivity index (χ1v) is 13.8. The number of thioether (sulfide) groups is 1. The number of hydrogen-bond acceptors (Lipinski definition) is 6. The van der Waals surface area contributed by atoms with Crippen LogP contribution in [0.2, 0.25) is 0 Å². The van der Waals surface area contributed by atoms with E-state index in [9.17, 15) is 22.8 Å². The Bertz CT molecular complexity index is 1580. The lowest BCUT2D eigenvalue weighted by molar-refractivity contribution is -0.137. The van der Waals surface area contributed by atoms with E-state index in [-0.39, 0.29) is 65.1 Å². The van der Waals surface area contributed by atoms with Gasteiger partial charge >= 0.3 is 11.9 Å². The highest BCUT2D eigenvalue weighted by atomic mass is 32.2. The Hall–Kier alpha value is -3.45. The van der Waals surface area contributed by atoms with Gasteiger partial charge in [-0.15, -0.1) is 11.8 Å². The van der Waals surface area contributed by atoms with E-state index in [2.05, 4.69) is 11.6 Å². The summed E-state index contributed by atoms with van der Waals surface area (Å²) in [6.07, 6.45) is -3.80. The molecule has 1 aromatic heterocycles. The highest BCUT2D eigenvalue weighted by Crippen LogP contribution is 2.50. The minimum Gasteiger partial charge on any atom is -0.383 e. The zero-order chi connectivity index (χ0) is 29.8. The molecule has 0 saturated carbocycles. The second-order valence-corrected chi connectivity index (χ2v) is 11.2. The number of methoxy groups -OCH3 is 1. The zero-order valence-electron chi connectivity index (χ0n) is 22.5. The van der Waals surface area contributed by atoms with Crippen LogP contribution in [0.1, 0.15) is 25.5 Å². The molecule has 41 heavy (non-hydrogen) atoms. The molecular formula is C28H27F5N4O3S. The quantitative estimate of drug-likeness (QED) is 0.297. The Morgan fingerprint density at radius 3 is 2.37 bits per heavy atom. The number of ether oxygens (including phenoxy) is 1. The number of anilines is 1. The van der Waals surface area contributed by atoms with Gasteiger partial charge in [-0.1, -0.05) is 12.6 Å². The number of carbonyl (C=O) groups excluding carboxylic acids is 1. The number of carbonyl (C=O) groups is 1. The van der Waals surface area contributed by atoms with Crippen molar-refractivity contribution in [2.24, 2.45) is 0 Å². The fourth-order valence-electron chi connectivity index (χ4n) is 5.89. The van der Waals surface area contributed by atoms with Gasteiger partial charge in [0.2, 0.25) is 5.91 Å². The van der Waals surface area contributed by atoms with Crippen LogP contribution in [0.4, 0.5) is 27.8 Å². The first kappa shape index (κ1) is 29.1. The van der Waals surface area contributed by atoms with Crippen LogP contribution >= 0.6 is 11.8 Å². The lowest BCUT2D eigenvalue weighted by Crippen LogP contribution is -2.58. The van der Waals surface area contributed by atoms with E-state index in [0.29, 0.717) is 0 Å². The summed E-state index contributed by atoms with van der Waals surface area (Å²) in [7, 11) is 1.43. The van der Waals surface area contributed by atoms with Gasteiger partial charge in [0, 0.05) is 53.9 Å². The molecule has 3 aromatic rings. The molecule has 1 fully saturated rings. The number of benzene rings is 2. The standard InChI is InChI=1S/C28H27F5N4O3S/c1-5-21(38)36-14(2)10-35(11-15(36)3)26-17-9-18(28(31,32)33)22(23-19(29)7-6-8-20(23)30)25-24(17)37(27(39)34-26)16(12-40-4)13-41-25/h5-9,14-16H,1,10-13H2,2-4H3. The molecule has 2 aromatic carbocycles. The largest absolute Gasteiger partial charge is 0.417 e. The summed E-state index contributed by atoms with van der Waals surface area (Å²) in [6, 6.07) is 2.37. The second kappa shape index (κ2) is 10.8. The van der Waals surface area contributed by atoms with Gasteiger partial charge in [0.1, 0.15) is 17.5 Å². The Morgan fingerprint density at radius 2 is 1.80 bits per heavy atom. The van der Waals surface area contributed by atoms with Gasteiger partial charge in [-0.3, -0.25) is 9.36 Å². The summed E-state index contributed by atoms with van der Waals surface area (Å²) in [4.78, 5) is 33.5. The van der Waals surface area contributed by atoms with E-state index < -0.39 is 46.2 Å². The Balaban J connectivity index is 1.85. The smallest absolute Gasteiger partial charge is 0.383 e. The van der Waals surface area contributed by atoms with Gasteiger partial charge in [0.15, 0.2) is 0 Å². The fraction of sp³-hybridized carbons (Fsp3) is 0.393. The van der Waals surface area contributed by atoms with E-state index in [1.54, 1.807) is 23.6 Å². The monoisotopic (exact) mass is 594 g/mol. The molecule has 0 N–H and O–H groups in total. The lowest BCUT2D eigenvalue weighted by atomic mass is 9.95. The van der Waals surface area contributed by atoms with Crippen LogP contribution < -0.4 is 10.6 Å². The van der Waals surface area contributed by atoms with Gasteiger partial charge in [-0.25, -0.2) is 13.6 Å². The van der Waals surface area contributed by atoms with Crippen molar-refractivity contribution in [1.29, 1.82) is 0 Å². The summed E-state index contributed by atoms with van der Waals surface area (Å²) in [5.74, 6) is -2.46. The zero-order valence-corrected chi connectivity index (χ0v) is 23.3. The van der Waals surface area contributed by atoms with Crippen LogP contribution in [0.5, 0.6) is 0 Å². The average molecular weight is 595 g/mol. The summed E-state index contributed by atoms with van der Waals surface area (Å²) in [6.45, 7) is 7.55. The number of aromatic nitrogens is 2.